The predicted octanol–water partition coefficient (Wildman–Crippen LogP) is 3.50. The Morgan fingerprint density at radius 2 is 1.70 bits per heavy atom. The van der Waals surface area contributed by atoms with Gasteiger partial charge in [-0.1, -0.05) is 0 Å². The van der Waals surface area contributed by atoms with Gasteiger partial charge in [-0.3, -0.25) is 9.97 Å². The zero-order valence-corrected chi connectivity index (χ0v) is 13.2. The van der Waals surface area contributed by atoms with Crippen molar-refractivity contribution in [2.75, 3.05) is 7.11 Å². The lowest BCUT2D eigenvalue weighted by Crippen LogP contribution is -1.89. The van der Waals surface area contributed by atoms with Gasteiger partial charge in [-0.25, -0.2) is 4.98 Å². The van der Waals surface area contributed by atoms with Crippen molar-refractivity contribution in [1.82, 2.24) is 19.5 Å². The molecule has 3 heterocycles. The third kappa shape index (κ3) is 2.12. The summed E-state index contributed by atoms with van der Waals surface area (Å²) in [6, 6.07) is 6.15. The van der Waals surface area contributed by atoms with E-state index in [1.54, 1.807) is 19.5 Å². The second-order valence-corrected chi connectivity index (χ2v) is 5.61. The van der Waals surface area contributed by atoms with Crippen molar-refractivity contribution in [3.8, 4) is 17.0 Å². The highest BCUT2D eigenvalue weighted by Crippen LogP contribution is 2.34. The molecule has 0 amide bonds. The van der Waals surface area contributed by atoms with Crippen molar-refractivity contribution in [2.24, 2.45) is 7.05 Å². The highest BCUT2D eigenvalue weighted by molar-refractivity contribution is 5.98. The monoisotopic (exact) mass is 304 g/mol. The first kappa shape index (κ1) is 13.7. The summed E-state index contributed by atoms with van der Waals surface area (Å²) in [5.74, 6) is 0.614. The molecule has 114 valence electrons. The molecule has 0 bridgehead atoms. The Balaban J connectivity index is 2.03. The molecule has 0 spiro atoms. The van der Waals surface area contributed by atoms with Gasteiger partial charge in [-0.15, -0.1) is 0 Å². The molecule has 0 aliphatic heterocycles. The molecule has 1 aromatic carbocycles. The van der Waals surface area contributed by atoms with E-state index in [0.717, 1.165) is 33.1 Å². The minimum absolute atomic E-state index is 0.614. The van der Waals surface area contributed by atoms with Crippen LogP contribution in [0.5, 0.6) is 5.88 Å². The van der Waals surface area contributed by atoms with Gasteiger partial charge < -0.3 is 9.30 Å². The molecule has 4 rings (SSSR count). The summed E-state index contributed by atoms with van der Waals surface area (Å²) in [5, 5.41) is 1.12. The molecule has 0 saturated heterocycles. The Kier molecular flexibility index (Phi) is 3.01. The maximum atomic E-state index is 5.28. The third-order valence-electron chi connectivity index (χ3n) is 4.17. The van der Waals surface area contributed by atoms with E-state index in [4.69, 9.17) is 4.74 Å². The molecule has 5 heteroatoms. The Labute approximate surface area is 133 Å². The Morgan fingerprint density at radius 1 is 0.957 bits per heavy atom. The van der Waals surface area contributed by atoms with Gasteiger partial charge in [0, 0.05) is 42.7 Å². The highest BCUT2D eigenvalue weighted by Gasteiger charge is 2.13. The van der Waals surface area contributed by atoms with Crippen LogP contribution in [-0.4, -0.2) is 26.6 Å². The fraction of sp³-hybridized carbons (Fsp3) is 0.167. The topological polar surface area (TPSA) is 52.8 Å². The lowest BCUT2D eigenvalue weighted by atomic mass is 9.99. The summed E-state index contributed by atoms with van der Waals surface area (Å²) >= 11 is 0. The number of hydrogen-bond donors (Lipinski definition) is 0. The van der Waals surface area contributed by atoms with E-state index >= 15 is 0 Å². The fourth-order valence-electron chi connectivity index (χ4n) is 2.99. The summed E-state index contributed by atoms with van der Waals surface area (Å²) in [6.07, 6.45) is 7.40. The van der Waals surface area contributed by atoms with E-state index in [2.05, 4.69) is 44.8 Å². The van der Waals surface area contributed by atoms with Crippen molar-refractivity contribution in [1.29, 1.82) is 0 Å². The van der Waals surface area contributed by atoms with Crippen molar-refractivity contribution in [3.63, 3.8) is 0 Å². The Bertz CT molecular complexity index is 1040. The van der Waals surface area contributed by atoms with Gasteiger partial charge >= 0.3 is 0 Å². The number of pyridine rings is 1. The largest absolute Gasteiger partial charge is 0.481 e. The number of aryl methyl sites for hydroxylation is 2. The standard InChI is InChI=1S/C18H16N4O/c1-11-6-15-16(20-5-4-19-15)7-12(11)14-10-22(2)17-9-21-18(23-3)8-13(14)17/h4-10H,1-3H3. The van der Waals surface area contributed by atoms with Gasteiger partial charge in [0.2, 0.25) is 5.88 Å². The molecule has 4 aromatic rings. The van der Waals surface area contributed by atoms with Crippen LogP contribution in [0, 0.1) is 6.92 Å². The van der Waals surface area contributed by atoms with E-state index in [-0.39, 0.29) is 0 Å². The second kappa shape index (κ2) is 5.05. The summed E-state index contributed by atoms with van der Waals surface area (Å²) < 4.78 is 7.36. The molecule has 5 nitrogen and oxygen atoms in total. The average Bonchev–Trinajstić information content (AvgIpc) is 2.90. The SMILES string of the molecule is COc1cc2c(-c3cc4nccnc4cc3C)cn(C)c2cn1. The molecule has 0 saturated carbocycles. The molecule has 0 aliphatic carbocycles. The van der Waals surface area contributed by atoms with Crippen LogP contribution < -0.4 is 4.74 Å². The average molecular weight is 304 g/mol. The Morgan fingerprint density at radius 3 is 2.43 bits per heavy atom. The first-order valence-corrected chi connectivity index (χ1v) is 7.38. The van der Waals surface area contributed by atoms with Gasteiger partial charge in [-0.2, -0.15) is 0 Å². The maximum absolute atomic E-state index is 5.28. The van der Waals surface area contributed by atoms with Crippen LogP contribution >= 0.6 is 0 Å². The van der Waals surface area contributed by atoms with E-state index in [1.165, 1.54) is 5.56 Å². The van der Waals surface area contributed by atoms with Crippen molar-refractivity contribution < 1.29 is 4.74 Å². The van der Waals surface area contributed by atoms with E-state index < -0.39 is 0 Å². The van der Waals surface area contributed by atoms with Gasteiger partial charge in [-0.05, 0) is 30.2 Å². The zero-order valence-electron chi connectivity index (χ0n) is 13.2. The quantitative estimate of drug-likeness (QED) is 0.569. The first-order chi connectivity index (χ1) is 11.2. The number of ether oxygens (including phenoxy) is 1. The molecule has 0 N–H and O–H groups in total. The van der Waals surface area contributed by atoms with Crippen LogP contribution in [-0.2, 0) is 7.05 Å². The van der Waals surface area contributed by atoms with Crippen molar-refractivity contribution in [3.05, 3.63) is 48.5 Å². The lowest BCUT2D eigenvalue weighted by molar-refractivity contribution is 0.398. The second-order valence-electron chi connectivity index (χ2n) is 5.61. The summed E-state index contributed by atoms with van der Waals surface area (Å²) in [6.45, 7) is 2.10. The van der Waals surface area contributed by atoms with Crippen LogP contribution in [0.25, 0.3) is 33.1 Å². The normalized spacial score (nSPS) is 11.3. The van der Waals surface area contributed by atoms with E-state index in [9.17, 15) is 0 Å². The number of methoxy groups -OCH3 is 1. The molecule has 23 heavy (non-hydrogen) atoms. The molecule has 0 unspecified atom stereocenters. The van der Waals surface area contributed by atoms with Crippen molar-refractivity contribution in [2.45, 2.75) is 6.92 Å². The third-order valence-corrected chi connectivity index (χ3v) is 4.17. The lowest BCUT2D eigenvalue weighted by Gasteiger charge is -2.07. The van der Waals surface area contributed by atoms with Crippen LogP contribution in [0.1, 0.15) is 5.56 Å². The van der Waals surface area contributed by atoms with Crippen molar-refractivity contribution >= 4 is 21.9 Å². The minimum Gasteiger partial charge on any atom is -0.481 e. The van der Waals surface area contributed by atoms with Crippen LogP contribution in [0.15, 0.2) is 43.0 Å². The first-order valence-electron chi connectivity index (χ1n) is 7.38. The molecule has 0 fully saturated rings. The Hall–Kier alpha value is -2.95. The van der Waals surface area contributed by atoms with Crippen LogP contribution in [0.3, 0.4) is 0 Å². The van der Waals surface area contributed by atoms with Gasteiger partial charge in [0.1, 0.15) is 0 Å². The number of fused-ring (bicyclic) bond motifs is 2. The summed E-state index contributed by atoms with van der Waals surface area (Å²) in [5.41, 5.74) is 6.34. The number of benzene rings is 1. The maximum Gasteiger partial charge on any atom is 0.213 e. The number of aromatic nitrogens is 4. The number of rotatable bonds is 2. The van der Waals surface area contributed by atoms with Crippen LogP contribution in [0.2, 0.25) is 0 Å². The molecule has 0 radical (unpaired) electrons. The molecule has 0 atom stereocenters. The minimum atomic E-state index is 0.614. The fourth-order valence-corrected chi connectivity index (χ4v) is 2.99. The summed E-state index contributed by atoms with van der Waals surface area (Å²) in [4.78, 5) is 13.1. The molecule has 3 aromatic heterocycles. The highest BCUT2D eigenvalue weighted by atomic mass is 16.5. The summed E-state index contributed by atoms with van der Waals surface area (Å²) in [7, 11) is 3.66. The van der Waals surface area contributed by atoms with Gasteiger partial charge in [0.05, 0.1) is 29.9 Å². The van der Waals surface area contributed by atoms with Crippen LogP contribution in [0.4, 0.5) is 0 Å². The smallest absolute Gasteiger partial charge is 0.213 e. The predicted molar refractivity (Wildman–Crippen MR) is 90.5 cm³/mol. The number of hydrogen-bond acceptors (Lipinski definition) is 4. The molecular weight excluding hydrogens is 288 g/mol. The number of nitrogens with zero attached hydrogens (tertiary/aromatic N) is 4. The van der Waals surface area contributed by atoms with E-state index in [1.807, 2.05) is 19.3 Å². The van der Waals surface area contributed by atoms with Gasteiger partial charge in [0.25, 0.3) is 0 Å². The zero-order chi connectivity index (χ0) is 16.0. The molecular formula is C18H16N4O. The van der Waals surface area contributed by atoms with E-state index in [0.29, 0.717) is 5.88 Å². The molecule has 0 aliphatic rings. The van der Waals surface area contributed by atoms with Gasteiger partial charge in [0.15, 0.2) is 0 Å².